The molecule has 1 fully saturated rings. The van der Waals surface area contributed by atoms with Gasteiger partial charge in [-0.05, 0) is 30.3 Å². The molecule has 26 heavy (non-hydrogen) atoms. The van der Waals surface area contributed by atoms with E-state index in [1.54, 1.807) is 0 Å². The van der Waals surface area contributed by atoms with Gasteiger partial charge in [-0.1, -0.05) is 13.8 Å². The first-order valence-corrected chi connectivity index (χ1v) is 8.96. The number of piperazine rings is 1. The molecule has 3 heterocycles. The maximum atomic E-state index is 7.00. The molecule has 0 unspecified atom stereocenters. The first kappa shape index (κ1) is 19.7. The third kappa shape index (κ3) is 4.93. The quantitative estimate of drug-likeness (QED) is 0.577. The van der Waals surface area contributed by atoms with E-state index in [9.17, 15) is 0 Å². The lowest BCUT2D eigenvalue weighted by atomic mass is 10.2. The number of benzene rings is 1. The molecule has 1 aromatic carbocycles. The highest BCUT2D eigenvalue weighted by molar-refractivity contribution is 5.75. The van der Waals surface area contributed by atoms with Gasteiger partial charge in [-0.15, -0.1) is 0 Å². The van der Waals surface area contributed by atoms with Crippen LogP contribution in [0.5, 0.6) is 0 Å². The zero-order chi connectivity index (χ0) is 18.8. The molecule has 4 N–H and O–H groups in total. The molecule has 3 aromatic rings. The van der Waals surface area contributed by atoms with E-state index in [1.165, 1.54) is 5.69 Å². The summed E-state index contributed by atoms with van der Waals surface area (Å²) in [7, 11) is 1.00. The van der Waals surface area contributed by atoms with Crippen LogP contribution in [0.1, 0.15) is 13.8 Å². The van der Waals surface area contributed by atoms with Crippen molar-refractivity contribution >= 4 is 28.4 Å². The van der Waals surface area contributed by atoms with Gasteiger partial charge in [0.1, 0.15) is 5.65 Å². The van der Waals surface area contributed by atoms with E-state index in [0.717, 1.165) is 50.0 Å². The third-order valence-corrected chi connectivity index (χ3v) is 3.91. The van der Waals surface area contributed by atoms with E-state index in [4.69, 9.17) is 5.11 Å². The zero-order valence-corrected chi connectivity index (χ0v) is 15.7. The van der Waals surface area contributed by atoms with Crippen molar-refractivity contribution < 1.29 is 5.11 Å². The van der Waals surface area contributed by atoms with E-state index in [2.05, 4.69) is 54.8 Å². The van der Waals surface area contributed by atoms with Gasteiger partial charge in [0, 0.05) is 62.4 Å². The molecular weight excluding hydrogens is 328 g/mol. The van der Waals surface area contributed by atoms with Crippen molar-refractivity contribution in [3.63, 3.8) is 0 Å². The smallest absolute Gasteiger partial charge is 0.229 e. The summed E-state index contributed by atoms with van der Waals surface area (Å²) in [5.74, 6) is 0.602. The zero-order valence-electron chi connectivity index (χ0n) is 15.7. The van der Waals surface area contributed by atoms with Crippen molar-refractivity contribution in [2.24, 2.45) is 0 Å². The first-order valence-electron chi connectivity index (χ1n) is 8.96. The van der Waals surface area contributed by atoms with Gasteiger partial charge in [0.05, 0.1) is 0 Å². The summed E-state index contributed by atoms with van der Waals surface area (Å²) in [5, 5.41) is 14.6. The van der Waals surface area contributed by atoms with Crippen molar-refractivity contribution in [2.45, 2.75) is 13.8 Å². The van der Waals surface area contributed by atoms with E-state index >= 15 is 0 Å². The molecule has 1 saturated heterocycles. The van der Waals surface area contributed by atoms with Crippen LogP contribution in [0.3, 0.4) is 0 Å². The molecule has 7 nitrogen and oxygen atoms in total. The second-order valence-electron chi connectivity index (χ2n) is 5.38. The van der Waals surface area contributed by atoms with E-state index < -0.39 is 0 Å². The molecule has 1 aliphatic rings. The molecule has 0 spiro atoms. The number of hydrogen-bond acceptors (Lipinski definition) is 6. The number of aromatic amines is 1. The van der Waals surface area contributed by atoms with Crippen LogP contribution in [0.25, 0.3) is 11.0 Å². The fourth-order valence-electron chi connectivity index (χ4n) is 2.71. The van der Waals surface area contributed by atoms with Crippen LogP contribution in [0, 0.1) is 0 Å². The van der Waals surface area contributed by atoms with Gasteiger partial charge in [0.2, 0.25) is 5.95 Å². The van der Waals surface area contributed by atoms with Crippen LogP contribution in [0.15, 0.2) is 42.7 Å². The number of rotatable bonds is 3. The molecule has 0 atom stereocenters. The fourth-order valence-corrected chi connectivity index (χ4v) is 2.71. The van der Waals surface area contributed by atoms with Crippen LogP contribution in [0.2, 0.25) is 0 Å². The molecule has 0 amide bonds. The molecule has 0 radical (unpaired) electrons. The minimum Gasteiger partial charge on any atom is -0.400 e. The maximum absolute atomic E-state index is 7.00. The number of fused-ring (bicyclic) bond motifs is 1. The predicted octanol–water partition coefficient (Wildman–Crippen LogP) is 2.75. The van der Waals surface area contributed by atoms with Gasteiger partial charge in [0.15, 0.2) is 0 Å². The van der Waals surface area contributed by atoms with Crippen LogP contribution < -0.4 is 15.5 Å². The Balaban J connectivity index is 0.000000570. The van der Waals surface area contributed by atoms with Crippen molar-refractivity contribution in [1.82, 2.24) is 20.3 Å². The highest BCUT2D eigenvalue weighted by Crippen LogP contribution is 2.20. The van der Waals surface area contributed by atoms with E-state index in [-0.39, 0.29) is 0 Å². The number of H-pyrrole nitrogens is 1. The Morgan fingerprint density at radius 1 is 1.04 bits per heavy atom. The second-order valence-corrected chi connectivity index (χ2v) is 5.38. The number of hydrogen-bond donors (Lipinski definition) is 4. The third-order valence-electron chi connectivity index (χ3n) is 3.91. The molecular formula is C19H28N6O. The van der Waals surface area contributed by atoms with Crippen molar-refractivity contribution in [3.8, 4) is 0 Å². The van der Waals surface area contributed by atoms with Gasteiger partial charge in [0.25, 0.3) is 0 Å². The standard InChI is InChI=1S/C16H18N6.C2H6.CH4O/c1-3-14(22-9-7-17-8-10-22)4-2-13(1)20-16-19-11-12-5-6-18-15(12)21-16;2*1-2/h1-6,11,17H,7-10H2,(H2,18,19,20,21);1-2H3;2H,1H3. The molecule has 0 bridgehead atoms. The van der Waals surface area contributed by atoms with Crippen LogP contribution >= 0.6 is 0 Å². The Bertz CT molecular complexity index is 765. The van der Waals surface area contributed by atoms with Crippen LogP contribution in [-0.2, 0) is 0 Å². The molecule has 1 aliphatic heterocycles. The predicted molar refractivity (Wildman–Crippen MR) is 108 cm³/mol. The van der Waals surface area contributed by atoms with Gasteiger partial charge < -0.3 is 25.6 Å². The summed E-state index contributed by atoms with van der Waals surface area (Å²) in [6.45, 7) is 8.20. The second kappa shape index (κ2) is 10.4. The SMILES string of the molecule is CC.CO.c1cc2cnc(Nc3ccc(N4CCNCC4)cc3)nc2[nH]1. The number of nitrogens with one attached hydrogen (secondary N) is 3. The normalized spacial score (nSPS) is 13.3. The Morgan fingerprint density at radius 3 is 2.42 bits per heavy atom. The molecule has 140 valence electrons. The lowest BCUT2D eigenvalue weighted by Gasteiger charge is -2.29. The average molecular weight is 356 g/mol. The van der Waals surface area contributed by atoms with Crippen LogP contribution in [-0.4, -0.2) is 53.3 Å². The Hall–Kier alpha value is -2.64. The topological polar surface area (TPSA) is 89.1 Å². The lowest BCUT2D eigenvalue weighted by Crippen LogP contribution is -2.43. The minimum atomic E-state index is 0.602. The Kier molecular flexibility index (Phi) is 7.85. The average Bonchev–Trinajstić information content (AvgIpc) is 3.20. The Labute approximate surface area is 154 Å². The maximum Gasteiger partial charge on any atom is 0.229 e. The van der Waals surface area contributed by atoms with Gasteiger partial charge >= 0.3 is 0 Å². The molecule has 7 heteroatoms. The van der Waals surface area contributed by atoms with Gasteiger partial charge in [-0.25, -0.2) is 4.98 Å². The largest absolute Gasteiger partial charge is 0.400 e. The number of nitrogens with zero attached hydrogens (tertiary/aromatic N) is 3. The highest BCUT2D eigenvalue weighted by atomic mass is 16.2. The number of aromatic nitrogens is 3. The summed E-state index contributed by atoms with van der Waals surface area (Å²) >= 11 is 0. The minimum absolute atomic E-state index is 0.602. The van der Waals surface area contributed by atoms with E-state index in [1.807, 2.05) is 32.3 Å². The van der Waals surface area contributed by atoms with Crippen molar-refractivity contribution in [2.75, 3.05) is 43.5 Å². The molecule has 0 aliphatic carbocycles. The lowest BCUT2D eigenvalue weighted by molar-refractivity contribution is 0.399. The summed E-state index contributed by atoms with van der Waals surface area (Å²) in [4.78, 5) is 14.3. The summed E-state index contributed by atoms with van der Waals surface area (Å²) < 4.78 is 0. The van der Waals surface area contributed by atoms with Crippen LogP contribution in [0.4, 0.5) is 17.3 Å². The summed E-state index contributed by atoms with van der Waals surface area (Å²) in [5.41, 5.74) is 3.09. The Morgan fingerprint density at radius 2 is 1.73 bits per heavy atom. The highest BCUT2D eigenvalue weighted by Gasteiger charge is 2.10. The van der Waals surface area contributed by atoms with Gasteiger partial charge in [-0.3, -0.25) is 0 Å². The number of aliphatic hydroxyl groups excluding tert-OH is 1. The fraction of sp³-hybridized carbons (Fsp3) is 0.368. The number of anilines is 3. The molecule has 2 aromatic heterocycles. The molecule has 0 saturated carbocycles. The van der Waals surface area contributed by atoms with Crippen molar-refractivity contribution in [3.05, 3.63) is 42.7 Å². The van der Waals surface area contributed by atoms with Crippen molar-refractivity contribution in [1.29, 1.82) is 0 Å². The number of aliphatic hydroxyl groups is 1. The van der Waals surface area contributed by atoms with Gasteiger partial charge in [-0.2, -0.15) is 4.98 Å². The monoisotopic (exact) mass is 356 g/mol. The summed E-state index contributed by atoms with van der Waals surface area (Å²) in [6, 6.07) is 10.4. The first-order chi connectivity index (χ1) is 12.9. The summed E-state index contributed by atoms with van der Waals surface area (Å²) in [6.07, 6.45) is 3.68. The van der Waals surface area contributed by atoms with E-state index in [0.29, 0.717) is 5.95 Å². The molecule has 4 rings (SSSR count).